The Balaban J connectivity index is 1.76. The summed E-state index contributed by atoms with van der Waals surface area (Å²) in [5.41, 5.74) is -0.766. The predicted octanol–water partition coefficient (Wildman–Crippen LogP) is 2.96. The van der Waals surface area contributed by atoms with Crippen LogP contribution in [0, 0.1) is 5.41 Å². The van der Waals surface area contributed by atoms with Crippen molar-refractivity contribution in [2.75, 3.05) is 44.8 Å². The number of hydrogen-bond acceptors (Lipinski definition) is 4. The third-order valence-corrected chi connectivity index (χ3v) is 5.37. The predicted molar refractivity (Wildman–Crippen MR) is 90.8 cm³/mol. The van der Waals surface area contributed by atoms with Gasteiger partial charge in [0.2, 0.25) is 5.91 Å². The minimum atomic E-state index is -4.38. The maximum atomic E-state index is 13.0. The van der Waals surface area contributed by atoms with Crippen LogP contribution in [-0.2, 0) is 15.7 Å². The zero-order chi connectivity index (χ0) is 18.8. The van der Waals surface area contributed by atoms with Crippen LogP contribution in [0.1, 0.15) is 31.2 Å². The van der Waals surface area contributed by atoms with Crippen molar-refractivity contribution < 1.29 is 22.7 Å². The Bertz CT molecular complexity index is 653. The standard InChI is InChI=1S/C18H24F3N3O2/c1-26-10-9-24-13-17(6-3-16(24)25)5-2-8-23(12-17)15-11-14(4-7-22-15)18(19,20)21/h4,7,11H,2-3,5-6,8-10,12-13H2,1H3/t17-/m1/s1. The van der Waals surface area contributed by atoms with Crippen molar-refractivity contribution in [3.05, 3.63) is 23.9 Å². The summed E-state index contributed by atoms with van der Waals surface area (Å²) in [4.78, 5) is 20.1. The summed E-state index contributed by atoms with van der Waals surface area (Å²) in [6.45, 7) is 2.98. The Morgan fingerprint density at radius 1 is 1.31 bits per heavy atom. The number of likely N-dealkylation sites (tertiary alicyclic amines) is 1. The average molecular weight is 371 g/mol. The van der Waals surface area contributed by atoms with E-state index in [0.717, 1.165) is 31.4 Å². The van der Waals surface area contributed by atoms with E-state index in [1.807, 2.05) is 9.80 Å². The first-order valence-electron chi connectivity index (χ1n) is 8.88. The zero-order valence-electron chi connectivity index (χ0n) is 14.9. The maximum Gasteiger partial charge on any atom is 0.416 e. The number of anilines is 1. The number of nitrogens with zero attached hydrogens (tertiary/aromatic N) is 3. The van der Waals surface area contributed by atoms with Crippen molar-refractivity contribution >= 4 is 11.7 Å². The van der Waals surface area contributed by atoms with Gasteiger partial charge in [0, 0.05) is 51.3 Å². The molecule has 26 heavy (non-hydrogen) atoms. The van der Waals surface area contributed by atoms with Gasteiger partial charge in [-0.1, -0.05) is 0 Å². The number of alkyl halides is 3. The second-order valence-corrected chi connectivity index (χ2v) is 7.23. The molecule has 0 aromatic carbocycles. The Morgan fingerprint density at radius 3 is 2.85 bits per heavy atom. The highest BCUT2D eigenvalue weighted by molar-refractivity contribution is 5.77. The van der Waals surface area contributed by atoms with Crippen molar-refractivity contribution in [1.29, 1.82) is 0 Å². The molecule has 1 atom stereocenters. The Kier molecular flexibility index (Phi) is 5.41. The fraction of sp³-hybridized carbons (Fsp3) is 0.667. The van der Waals surface area contributed by atoms with Gasteiger partial charge >= 0.3 is 6.18 Å². The van der Waals surface area contributed by atoms with Crippen LogP contribution in [0.3, 0.4) is 0 Å². The van der Waals surface area contributed by atoms with Crippen LogP contribution in [-0.4, -0.2) is 55.7 Å². The molecule has 2 aliphatic heterocycles. The van der Waals surface area contributed by atoms with Crippen LogP contribution in [0.25, 0.3) is 0 Å². The molecule has 1 spiro atoms. The summed E-state index contributed by atoms with van der Waals surface area (Å²) in [6, 6.07) is 2.12. The van der Waals surface area contributed by atoms with E-state index in [0.29, 0.717) is 45.0 Å². The van der Waals surface area contributed by atoms with Gasteiger partial charge in [-0.25, -0.2) is 4.98 Å². The van der Waals surface area contributed by atoms with Gasteiger partial charge in [-0.3, -0.25) is 4.79 Å². The van der Waals surface area contributed by atoms with Gasteiger partial charge in [-0.05, 0) is 31.4 Å². The van der Waals surface area contributed by atoms with Gasteiger partial charge in [0.1, 0.15) is 5.82 Å². The lowest BCUT2D eigenvalue weighted by molar-refractivity contribution is -0.139. The molecule has 2 fully saturated rings. The van der Waals surface area contributed by atoms with Gasteiger partial charge in [0.15, 0.2) is 0 Å². The largest absolute Gasteiger partial charge is 0.416 e. The molecule has 0 unspecified atom stereocenters. The normalized spacial score (nSPS) is 24.4. The Hall–Kier alpha value is -1.83. The number of pyridine rings is 1. The fourth-order valence-electron chi connectivity index (χ4n) is 4.01. The lowest BCUT2D eigenvalue weighted by atomic mass is 9.73. The number of piperidine rings is 2. The number of methoxy groups -OCH3 is 1. The number of amides is 1. The van der Waals surface area contributed by atoms with E-state index in [4.69, 9.17) is 4.74 Å². The number of hydrogen-bond donors (Lipinski definition) is 0. The highest BCUT2D eigenvalue weighted by Gasteiger charge is 2.42. The second-order valence-electron chi connectivity index (χ2n) is 7.23. The van der Waals surface area contributed by atoms with Crippen LogP contribution in [0.15, 0.2) is 18.3 Å². The Labute approximate surface area is 151 Å². The quantitative estimate of drug-likeness (QED) is 0.816. The molecule has 1 amide bonds. The van der Waals surface area contributed by atoms with E-state index < -0.39 is 11.7 Å². The summed E-state index contributed by atoms with van der Waals surface area (Å²) >= 11 is 0. The molecule has 0 bridgehead atoms. The minimum absolute atomic E-state index is 0.0875. The molecule has 1 aromatic heterocycles. The molecule has 3 rings (SSSR count). The monoisotopic (exact) mass is 371 g/mol. The van der Waals surface area contributed by atoms with Crippen LogP contribution >= 0.6 is 0 Å². The molecule has 0 aliphatic carbocycles. The molecule has 2 aliphatic rings. The summed E-state index contributed by atoms with van der Waals surface area (Å²) < 4.78 is 44.1. The Morgan fingerprint density at radius 2 is 2.12 bits per heavy atom. The third kappa shape index (κ3) is 4.11. The van der Waals surface area contributed by atoms with Crippen LogP contribution < -0.4 is 4.90 Å². The summed E-state index contributed by atoms with van der Waals surface area (Å²) in [5, 5.41) is 0. The molecule has 2 saturated heterocycles. The number of carbonyl (C=O) groups excluding carboxylic acids is 1. The topological polar surface area (TPSA) is 45.7 Å². The smallest absolute Gasteiger partial charge is 0.383 e. The lowest BCUT2D eigenvalue weighted by Gasteiger charge is -2.48. The molecular formula is C18H24F3N3O2. The number of ether oxygens (including phenoxy) is 1. The van der Waals surface area contributed by atoms with E-state index in [1.165, 1.54) is 6.20 Å². The molecule has 8 heteroatoms. The van der Waals surface area contributed by atoms with E-state index >= 15 is 0 Å². The fourth-order valence-corrected chi connectivity index (χ4v) is 4.01. The lowest BCUT2D eigenvalue weighted by Crippen LogP contribution is -2.54. The van der Waals surface area contributed by atoms with E-state index in [9.17, 15) is 18.0 Å². The van der Waals surface area contributed by atoms with Gasteiger partial charge in [-0.2, -0.15) is 13.2 Å². The van der Waals surface area contributed by atoms with Crippen molar-refractivity contribution in [1.82, 2.24) is 9.88 Å². The van der Waals surface area contributed by atoms with E-state index in [1.54, 1.807) is 7.11 Å². The van der Waals surface area contributed by atoms with E-state index in [-0.39, 0.29) is 11.3 Å². The highest BCUT2D eigenvalue weighted by Crippen LogP contribution is 2.40. The van der Waals surface area contributed by atoms with Crippen LogP contribution in [0.4, 0.5) is 19.0 Å². The number of halogens is 3. The molecule has 144 valence electrons. The first-order valence-corrected chi connectivity index (χ1v) is 8.88. The molecule has 1 aromatic rings. The maximum absolute atomic E-state index is 13.0. The zero-order valence-corrected chi connectivity index (χ0v) is 14.9. The molecule has 0 N–H and O–H groups in total. The SMILES string of the molecule is COCCN1C[C@]2(CCCN(c3cc(C(F)(F)F)ccn3)C2)CCC1=O. The van der Waals surface area contributed by atoms with Gasteiger partial charge in [0.05, 0.1) is 12.2 Å². The first kappa shape index (κ1) is 18.9. The molecule has 5 nitrogen and oxygen atoms in total. The second kappa shape index (κ2) is 7.42. The average Bonchev–Trinajstić information content (AvgIpc) is 2.62. The molecular weight excluding hydrogens is 347 g/mol. The molecule has 0 saturated carbocycles. The third-order valence-electron chi connectivity index (χ3n) is 5.37. The van der Waals surface area contributed by atoms with Gasteiger partial charge in [0.25, 0.3) is 0 Å². The van der Waals surface area contributed by atoms with Crippen LogP contribution in [0.5, 0.6) is 0 Å². The number of carbonyl (C=O) groups is 1. The number of aromatic nitrogens is 1. The van der Waals surface area contributed by atoms with Crippen molar-refractivity contribution in [2.45, 2.75) is 31.9 Å². The van der Waals surface area contributed by atoms with Gasteiger partial charge < -0.3 is 14.5 Å². The van der Waals surface area contributed by atoms with Crippen molar-refractivity contribution in [2.24, 2.45) is 5.41 Å². The molecule has 0 radical (unpaired) electrons. The number of rotatable bonds is 4. The molecule has 3 heterocycles. The summed E-state index contributed by atoms with van der Waals surface area (Å²) in [7, 11) is 1.60. The van der Waals surface area contributed by atoms with Crippen molar-refractivity contribution in [3.63, 3.8) is 0 Å². The first-order chi connectivity index (χ1) is 12.3. The van der Waals surface area contributed by atoms with Gasteiger partial charge in [-0.15, -0.1) is 0 Å². The summed E-state index contributed by atoms with van der Waals surface area (Å²) in [6.07, 6.45) is -0.0596. The minimum Gasteiger partial charge on any atom is -0.383 e. The summed E-state index contributed by atoms with van der Waals surface area (Å²) in [5.74, 6) is 0.487. The highest BCUT2D eigenvalue weighted by atomic mass is 19.4. The van der Waals surface area contributed by atoms with E-state index in [2.05, 4.69) is 4.98 Å². The van der Waals surface area contributed by atoms with Crippen LogP contribution in [0.2, 0.25) is 0 Å². The van der Waals surface area contributed by atoms with Crippen molar-refractivity contribution in [3.8, 4) is 0 Å².